The second kappa shape index (κ2) is 6.75. The molecule has 9 heteroatoms. The minimum atomic E-state index is -0.779. The summed E-state index contributed by atoms with van der Waals surface area (Å²) in [4.78, 5) is 28.9. The number of benzene rings is 1. The zero-order valence-electron chi connectivity index (χ0n) is 13.7. The highest BCUT2D eigenvalue weighted by atomic mass is 32.1. The van der Waals surface area contributed by atoms with Crippen molar-refractivity contribution in [1.29, 1.82) is 0 Å². The van der Waals surface area contributed by atoms with Crippen LogP contribution in [-0.4, -0.2) is 29.0 Å². The fourth-order valence-electron chi connectivity index (χ4n) is 2.87. The number of anilines is 1. The van der Waals surface area contributed by atoms with Crippen molar-refractivity contribution in [2.45, 2.75) is 19.3 Å². The lowest BCUT2D eigenvalue weighted by molar-refractivity contribution is -0.402. The quantitative estimate of drug-likeness (QED) is 0.295. The fraction of sp³-hybridized carbons (Fsp3) is 0.294. The molecule has 1 aliphatic rings. The van der Waals surface area contributed by atoms with Gasteiger partial charge in [0.15, 0.2) is 5.13 Å². The molecule has 3 aromatic rings. The number of carbonyl (C=O) groups excluding carboxylic acids is 1. The molecule has 4 rings (SSSR count). The first-order valence-corrected chi connectivity index (χ1v) is 9.04. The lowest BCUT2D eigenvalue weighted by atomic mass is 10.1. The second-order valence-corrected chi connectivity index (χ2v) is 6.97. The lowest BCUT2D eigenvalue weighted by Gasteiger charge is -2.25. The Balaban J connectivity index is 1.52. The van der Waals surface area contributed by atoms with E-state index in [0.717, 1.165) is 34.5 Å². The van der Waals surface area contributed by atoms with Crippen molar-refractivity contribution in [3.8, 4) is 5.75 Å². The van der Waals surface area contributed by atoms with Gasteiger partial charge in [-0.25, -0.2) is 9.78 Å². The number of nitro groups is 1. The minimum Gasteiger partial charge on any atom is -0.421 e. The van der Waals surface area contributed by atoms with E-state index in [1.807, 2.05) is 0 Å². The third kappa shape index (κ3) is 3.25. The minimum absolute atomic E-state index is 0.213. The van der Waals surface area contributed by atoms with E-state index in [2.05, 4.69) is 9.88 Å². The lowest BCUT2D eigenvalue weighted by Crippen LogP contribution is -2.29. The van der Waals surface area contributed by atoms with Crippen LogP contribution in [0.4, 0.5) is 11.0 Å². The first-order chi connectivity index (χ1) is 12.6. The van der Waals surface area contributed by atoms with Crippen molar-refractivity contribution in [3.63, 3.8) is 0 Å². The Labute approximate surface area is 152 Å². The molecule has 3 heterocycles. The van der Waals surface area contributed by atoms with Gasteiger partial charge in [0.1, 0.15) is 10.7 Å². The number of carbonyl (C=O) groups is 1. The first-order valence-electron chi connectivity index (χ1n) is 8.22. The van der Waals surface area contributed by atoms with E-state index >= 15 is 0 Å². The Morgan fingerprint density at radius 2 is 2.04 bits per heavy atom. The number of rotatable bonds is 4. The van der Waals surface area contributed by atoms with Crippen LogP contribution in [0.15, 0.2) is 34.7 Å². The molecule has 26 heavy (non-hydrogen) atoms. The van der Waals surface area contributed by atoms with Crippen molar-refractivity contribution in [3.05, 3.63) is 46.2 Å². The number of hydrogen-bond donors (Lipinski definition) is 0. The summed E-state index contributed by atoms with van der Waals surface area (Å²) >= 11 is 1.56. The Morgan fingerprint density at radius 1 is 1.23 bits per heavy atom. The monoisotopic (exact) mass is 373 g/mol. The van der Waals surface area contributed by atoms with E-state index in [9.17, 15) is 14.9 Å². The summed E-state index contributed by atoms with van der Waals surface area (Å²) in [5, 5.41) is 11.6. The number of fused-ring (bicyclic) bond motifs is 1. The number of esters is 1. The molecule has 0 N–H and O–H groups in total. The molecule has 0 atom stereocenters. The van der Waals surface area contributed by atoms with Crippen molar-refractivity contribution in [2.75, 3.05) is 18.0 Å². The summed E-state index contributed by atoms with van der Waals surface area (Å²) in [5.74, 6) is -1.15. The summed E-state index contributed by atoms with van der Waals surface area (Å²) < 4.78 is 11.0. The summed E-state index contributed by atoms with van der Waals surface area (Å²) in [5.41, 5.74) is 0.851. The highest BCUT2D eigenvalue weighted by Crippen LogP contribution is 2.33. The predicted octanol–water partition coefficient (Wildman–Crippen LogP) is 4.01. The molecular formula is C17H15N3O5S. The molecule has 0 amide bonds. The van der Waals surface area contributed by atoms with E-state index in [4.69, 9.17) is 9.15 Å². The summed E-state index contributed by atoms with van der Waals surface area (Å²) in [6.45, 7) is 2.03. The highest BCUT2D eigenvalue weighted by molar-refractivity contribution is 7.22. The normalized spacial score (nSPS) is 14.5. The number of piperidine rings is 1. The van der Waals surface area contributed by atoms with Gasteiger partial charge in [-0.1, -0.05) is 11.3 Å². The molecule has 0 radical (unpaired) electrons. The van der Waals surface area contributed by atoms with Crippen LogP contribution in [0.3, 0.4) is 0 Å². The van der Waals surface area contributed by atoms with Crippen LogP contribution in [-0.2, 0) is 0 Å². The maximum atomic E-state index is 12.1. The zero-order valence-corrected chi connectivity index (χ0v) is 14.5. The van der Waals surface area contributed by atoms with Gasteiger partial charge in [0, 0.05) is 19.2 Å². The highest BCUT2D eigenvalue weighted by Gasteiger charge is 2.20. The van der Waals surface area contributed by atoms with Crippen molar-refractivity contribution in [2.24, 2.45) is 0 Å². The number of ether oxygens (including phenoxy) is 1. The second-order valence-electron chi connectivity index (χ2n) is 5.96. The van der Waals surface area contributed by atoms with Gasteiger partial charge in [0.05, 0.1) is 16.3 Å². The van der Waals surface area contributed by atoms with Crippen LogP contribution in [0.2, 0.25) is 0 Å². The molecule has 134 valence electrons. The molecule has 0 aliphatic carbocycles. The Hall–Kier alpha value is -2.94. The SMILES string of the molecule is O=C(Oc1ccc2nc(N3CCCCC3)sc2c1)c1ccc([N+](=O)[O-])o1. The molecule has 0 bridgehead atoms. The average molecular weight is 373 g/mol. The number of furan rings is 1. The first kappa shape index (κ1) is 16.5. The summed E-state index contributed by atoms with van der Waals surface area (Å²) in [6, 6.07) is 7.54. The molecule has 8 nitrogen and oxygen atoms in total. The van der Waals surface area contributed by atoms with E-state index < -0.39 is 16.8 Å². The smallest absolute Gasteiger partial charge is 0.421 e. The molecule has 2 aromatic heterocycles. The number of nitrogens with zero attached hydrogens (tertiary/aromatic N) is 3. The van der Waals surface area contributed by atoms with Gasteiger partial charge in [-0.05, 0) is 37.5 Å². The van der Waals surface area contributed by atoms with Gasteiger partial charge in [-0.2, -0.15) is 0 Å². The maximum absolute atomic E-state index is 12.1. The fourth-order valence-corrected chi connectivity index (χ4v) is 3.92. The summed E-state index contributed by atoms with van der Waals surface area (Å²) in [7, 11) is 0. The summed E-state index contributed by atoms with van der Waals surface area (Å²) in [6.07, 6.45) is 3.61. The van der Waals surface area contributed by atoms with E-state index in [0.29, 0.717) is 5.75 Å². The van der Waals surface area contributed by atoms with E-state index in [1.165, 1.54) is 25.3 Å². The number of thiazole rings is 1. The molecule has 0 spiro atoms. The molecular weight excluding hydrogens is 358 g/mol. The molecule has 1 saturated heterocycles. The molecule has 1 fully saturated rings. The van der Waals surface area contributed by atoms with E-state index in [1.54, 1.807) is 29.5 Å². The zero-order chi connectivity index (χ0) is 18.1. The third-order valence-corrected chi connectivity index (χ3v) is 5.24. The van der Waals surface area contributed by atoms with E-state index in [-0.39, 0.29) is 5.76 Å². The Kier molecular flexibility index (Phi) is 4.29. The van der Waals surface area contributed by atoms with Gasteiger partial charge in [-0.15, -0.1) is 0 Å². The third-order valence-electron chi connectivity index (χ3n) is 4.16. The molecule has 0 unspecified atom stereocenters. The topological polar surface area (TPSA) is 98.7 Å². The van der Waals surface area contributed by atoms with Crippen LogP contribution in [0.5, 0.6) is 5.75 Å². The molecule has 1 aromatic carbocycles. The van der Waals surface area contributed by atoms with Gasteiger partial charge in [-0.3, -0.25) is 10.1 Å². The number of hydrogen-bond acceptors (Lipinski definition) is 8. The average Bonchev–Trinajstić information content (AvgIpc) is 3.29. The van der Waals surface area contributed by atoms with Crippen molar-refractivity contribution in [1.82, 2.24) is 4.98 Å². The van der Waals surface area contributed by atoms with Crippen molar-refractivity contribution < 1.29 is 18.9 Å². The standard InChI is InChI=1S/C17H15N3O5S/c21-16(13-6-7-15(25-13)20(22)23)24-11-4-5-12-14(10-11)26-17(18-12)19-8-2-1-3-9-19/h4-7,10H,1-3,8-9H2. The van der Waals surface area contributed by atoms with Gasteiger partial charge < -0.3 is 14.1 Å². The van der Waals surface area contributed by atoms with Crippen molar-refractivity contribution >= 4 is 38.5 Å². The largest absolute Gasteiger partial charge is 0.433 e. The van der Waals surface area contributed by atoms with Crippen LogP contribution in [0.25, 0.3) is 10.2 Å². The van der Waals surface area contributed by atoms with Crippen LogP contribution >= 0.6 is 11.3 Å². The van der Waals surface area contributed by atoms with Gasteiger partial charge in [0.2, 0.25) is 5.76 Å². The van der Waals surface area contributed by atoms with Crippen LogP contribution < -0.4 is 9.64 Å². The van der Waals surface area contributed by atoms with Gasteiger partial charge >= 0.3 is 11.9 Å². The Bertz CT molecular complexity index is 974. The van der Waals surface area contributed by atoms with Crippen LogP contribution in [0.1, 0.15) is 29.8 Å². The molecule has 1 aliphatic heterocycles. The van der Waals surface area contributed by atoms with Gasteiger partial charge in [0.25, 0.3) is 0 Å². The predicted molar refractivity (Wildman–Crippen MR) is 96.0 cm³/mol. The Morgan fingerprint density at radius 3 is 2.77 bits per heavy atom. The number of aromatic nitrogens is 1. The van der Waals surface area contributed by atoms with Crippen LogP contribution in [0, 0.1) is 10.1 Å². The molecule has 0 saturated carbocycles. The maximum Gasteiger partial charge on any atom is 0.433 e.